The Morgan fingerprint density at radius 2 is 1.60 bits per heavy atom. The second-order valence-corrected chi connectivity index (χ2v) is 5.22. The van der Waals surface area contributed by atoms with Gasteiger partial charge in [-0.05, 0) is 23.1 Å². The van der Waals surface area contributed by atoms with Crippen molar-refractivity contribution in [2.24, 2.45) is 0 Å². The molecule has 0 saturated carbocycles. The Kier molecular flexibility index (Phi) is 3.84. The van der Waals surface area contributed by atoms with Gasteiger partial charge >= 0.3 is 0 Å². The summed E-state index contributed by atoms with van der Waals surface area (Å²) in [6, 6.07) is 20.3. The lowest BCUT2D eigenvalue weighted by atomic mass is 10.0. The van der Waals surface area contributed by atoms with Gasteiger partial charge in [-0.25, -0.2) is 0 Å². The molecule has 0 radical (unpaired) electrons. The molecule has 1 atom stereocenters. The summed E-state index contributed by atoms with van der Waals surface area (Å²) in [6.45, 7) is 1.89. The van der Waals surface area contributed by atoms with Crippen molar-refractivity contribution in [2.45, 2.75) is 19.1 Å². The minimum Gasteiger partial charge on any atom is -0.384 e. The van der Waals surface area contributed by atoms with Gasteiger partial charge in [0.25, 0.3) is 0 Å². The van der Waals surface area contributed by atoms with Crippen LogP contribution >= 0.6 is 0 Å². The molecule has 0 amide bonds. The van der Waals surface area contributed by atoms with Crippen LogP contribution in [0.2, 0.25) is 0 Å². The van der Waals surface area contributed by atoms with Gasteiger partial charge in [0.15, 0.2) is 0 Å². The maximum atomic E-state index is 10.4. The molecule has 102 valence electrons. The van der Waals surface area contributed by atoms with Crippen LogP contribution in [-0.4, -0.2) is 16.6 Å². The van der Waals surface area contributed by atoms with Crippen molar-refractivity contribution in [1.29, 1.82) is 0 Å². The van der Waals surface area contributed by atoms with Crippen molar-refractivity contribution in [2.75, 3.05) is 6.54 Å². The van der Waals surface area contributed by atoms with Gasteiger partial charge in [-0.1, -0.05) is 60.7 Å². The second-order valence-electron chi connectivity index (χ2n) is 5.22. The number of aliphatic hydroxyl groups excluding tert-OH is 1. The summed E-state index contributed by atoms with van der Waals surface area (Å²) in [5.74, 6) is 0. The zero-order valence-electron chi connectivity index (χ0n) is 11.4. The average Bonchev–Trinajstić information content (AvgIpc) is 2.97. The fourth-order valence-electron chi connectivity index (χ4n) is 2.64. The number of aliphatic hydroxyl groups is 1. The van der Waals surface area contributed by atoms with Gasteiger partial charge in [-0.15, -0.1) is 0 Å². The van der Waals surface area contributed by atoms with Gasteiger partial charge in [-0.3, -0.25) is 0 Å². The lowest BCUT2D eigenvalue weighted by Crippen LogP contribution is -2.13. The minimum absolute atomic E-state index is 0.475. The molecule has 0 aliphatic carbocycles. The number of benzene rings is 2. The van der Waals surface area contributed by atoms with Crippen molar-refractivity contribution in [3.63, 3.8) is 0 Å². The average molecular weight is 265 g/mol. The Morgan fingerprint density at radius 3 is 2.30 bits per heavy atom. The van der Waals surface area contributed by atoms with E-state index in [1.54, 1.807) is 0 Å². The molecule has 3 rings (SSSR count). The van der Waals surface area contributed by atoms with Crippen LogP contribution in [0.3, 0.4) is 0 Å². The van der Waals surface area contributed by atoms with Crippen molar-refractivity contribution >= 4 is 0 Å². The number of hydrogen-bond acceptors (Lipinski definition) is 2. The first-order valence-electron chi connectivity index (χ1n) is 7.04. The van der Waals surface area contributed by atoms with Gasteiger partial charge in [0.05, 0.1) is 0 Å². The number of hydrogen-bond donors (Lipinski definition) is 1. The molecule has 2 aromatic rings. The zero-order valence-corrected chi connectivity index (χ0v) is 11.4. The third-order valence-corrected chi connectivity index (χ3v) is 3.73. The normalized spacial score (nSPS) is 16.1. The van der Waals surface area contributed by atoms with E-state index in [1.807, 2.05) is 36.4 Å². The molecule has 1 heterocycles. The highest BCUT2D eigenvalue weighted by molar-refractivity contribution is 5.28. The molecule has 20 heavy (non-hydrogen) atoms. The van der Waals surface area contributed by atoms with Crippen LogP contribution in [0, 0.1) is 0 Å². The summed E-state index contributed by atoms with van der Waals surface area (Å²) in [6.07, 6.45) is 2.57. The third kappa shape index (κ3) is 2.91. The van der Waals surface area contributed by atoms with Crippen molar-refractivity contribution in [3.05, 3.63) is 83.6 Å². The maximum absolute atomic E-state index is 10.4. The van der Waals surface area contributed by atoms with Crippen LogP contribution in [0.5, 0.6) is 0 Å². The zero-order chi connectivity index (χ0) is 13.8. The van der Waals surface area contributed by atoms with Crippen molar-refractivity contribution in [1.82, 2.24) is 4.90 Å². The van der Waals surface area contributed by atoms with Crippen LogP contribution < -0.4 is 0 Å². The molecule has 2 heteroatoms. The Bertz CT molecular complexity index is 577. The van der Waals surface area contributed by atoms with Crippen LogP contribution in [-0.2, 0) is 6.54 Å². The summed E-state index contributed by atoms with van der Waals surface area (Å²) in [4.78, 5) is 2.27. The molecular weight excluding hydrogens is 246 g/mol. The monoisotopic (exact) mass is 265 g/mol. The van der Waals surface area contributed by atoms with E-state index in [1.165, 1.54) is 5.56 Å². The minimum atomic E-state index is -0.475. The van der Waals surface area contributed by atoms with E-state index in [9.17, 15) is 5.11 Å². The first-order chi connectivity index (χ1) is 9.83. The highest BCUT2D eigenvalue weighted by Gasteiger charge is 2.20. The quantitative estimate of drug-likeness (QED) is 0.914. The van der Waals surface area contributed by atoms with Gasteiger partial charge in [0, 0.05) is 19.3 Å². The molecule has 0 spiro atoms. The molecule has 2 aromatic carbocycles. The summed E-state index contributed by atoms with van der Waals surface area (Å²) in [5.41, 5.74) is 3.38. The van der Waals surface area contributed by atoms with Crippen LogP contribution in [0.25, 0.3) is 0 Å². The van der Waals surface area contributed by atoms with E-state index in [-0.39, 0.29) is 0 Å². The van der Waals surface area contributed by atoms with Gasteiger partial charge in [0.2, 0.25) is 0 Å². The van der Waals surface area contributed by atoms with E-state index in [2.05, 4.69) is 35.4 Å². The van der Waals surface area contributed by atoms with Gasteiger partial charge in [-0.2, -0.15) is 0 Å². The highest BCUT2D eigenvalue weighted by Crippen LogP contribution is 2.28. The lowest BCUT2D eigenvalue weighted by Gasteiger charge is -2.14. The van der Waals surface area contributed by atoms with E-state index < -0.39 is 6.10 Å². The standard InChI is InChI=1S/C18H19NO/c20-18(16-9-5-2-6-10-16)17-11-12-19(14-17)13-15-7-3-1-4-8-15/h1-10,14,18,20H,11-13H2. The summed E-state index contributed by atoms with van der Waals surface area (Å²) in [5, 5.41) is 10.4. The van der Waals surface area contributed by atoms with E-state index >= 15 is 0 Å². The molecule has 1 aliphatic heterocycles. The molecule has 0 fully saturated rings. The van der Waals surface area contributed by atoms with E-state index in [4.69, 9.17) is 0 Å². The third-order valence-electron chi connectivity index (χ3n) is 3.73. The fraction of sp³-hybridized carbons (Fsp3) is 0.222. The van der Waals surface area contributed by atoms with Crippen LogP contribution in [0.1, 0.15) is 23.7 Å². The Balaban J connectivity index is 1.69. The summed E-state index contributed by atoms with van der Waals surface area (Å²) < 4.78 is 0. The Hall–Kier alpha value is -2.06. The number of nitrogens with zero attached hydrogens (tertiary/aromatic N) is 1. The second kappa shape index (κ2) is 5.93. The highest BCUT2D eigenvalue weighted by atomic mass is 16.3. The fourth-order valence-corrected chi connectivity index (χ4v) is 2.64. The van der Waals surface area contributed by atoms with E-state index in [0.29, 0.717) is 0 Å². The molecule has 2 nitrogen and oxygen atoms in total. The predicted octanol–water partition coefficient (Wildman–Crippen LogP) is 3.51. The van der Waals surface area contributed by atoms with Gasteiger partial charge < -0.3 is 10.0 Å². The smallest absolute Gasteiger partial charge is 0.102 e. The molecule has 1 N–H and O–H groups in total. The van der Waals surface area contributed by atoms with Crippen molar-refractivity contribution < 1.29 is 5.11 Å². The number of rotatable bonds is 4. The summed E-state index contributed by atoms with van der Waals surface area (Å²) >= 11 is 0. The maximum Gasteiger partial charge on any atom is 0.102 e. The van der Waals surface area contributed by atoms with Crippen LogP contribution in [0.4, 0.5) is 0 Å². The molecular formula is C18H19NO. The SMILES string of the molecule is OC(C1=CN(Cc2ccccc2)CC1)c1ccccc1. The lowest BCUT2D eigenvalue weighted by molar-refractivity contribution is 0.213. The molecule has 0 aromatic heterocycles. The van der Waals surface area contributed by atoms with Crippen LogP contribution in [0.15, 0.2) is 72.4 Å². The molecule has 0 saturated heterocycles. The first kappa shape index (κ1) is 12.9. The molecule has 0 bridgehead atoms. The molecule has 1 unspecified atom stereocenters. The summed E-state index contributed by atoms with van der Waals surface area (Å²) in [7, 11) is 0. The van der Waals surface area contributed by atoms with E-state index in [0.717, 1.165) is 30.6 Å². The Morgan fingerprint density at radius 1 is 0.950 bits per heavy atom. The Labute approximate surface area is 120 Å². The van der Waals surface area contributed by atoms with Crippen molar-refractivity contribution in [3.8, 4) is 0 Å². The largest absolute Gasteiger partial charge is 0.384 e. The topological polar surface area (TPSA) is 23.5 Å². The predicted molar refractivity (Wildman–Crippen MR) is 81.0 cm³/mol. The van der Waals surface area contributed by atoms with Gasteiger partial charge in [0.1, 0.15) is 6.10 Å². The first-order valence-corrected chi connectivity index (χ1v) is 7.04. The molecule has 1 aliphatic rings.